The maximum atomic E-state index is 12.3. The number of carbonyl (C=O) groups is 1. The Kier molecular flexibility index (Phi) is 6.60. The predicted molar refractivity (Wildman–Crippen MR) is 88.5 cm³/mol. The maximum absolute atomic E-state index is 12.3. The second kappa shape index (κ2) is 8.90. The molecule has 0 aliphatic heterocycles. The van der Waals surface area contributed by atoms with Crippen LogP contribution in [0.25, 0.3) is 0 Å². The van der Waals surface area contributed by atoms with Crippen molar-refractivity contribution in [3.05, 3.63) is 53.6 Å². The molecule has 0 aliphatic rings. The smallest absolute Gasteiger partial charge is 0.197 e. The minimum atomic E-state index is -0.377. The Bertz CT molecular complexity index is 670. The number of hydrogen-bond acceptors (Lipinski definition) is 6. The van der Waals surface area contributed by atoms with Crippen LogP contribution in [0.3, 0.4) is 0 Å². The fourth-order valence-electron chi connectivity index (χ4n) is 1.99. The van der Waals surface area contributed by atoms with E-state index in [2.05, 4.69) is 11.4 Å². The lowest BCUT2D eigenvalue weighted by Crippen LogP contribution is -2.23. The van der Waals surface area contributed by atoms with Crippen LogP contribution in [-0.4, -0.2) is 42.5 Å². The lowest BCUT2D eigenvalue weighted by molar-refractivity contribution is 0.103. The van der Waals surface area contributed by atoms with Gasteiger partial charge in [0, 0.05) is 30.8 Å². The molecule has 0 heterocycles. The molecule has 0 bridgehead atoms. The maximum Gasteiger partial charge on any atom is 0.197 e. The molecule has 0 saturated carbocycles. The van der Waals surface area contributed by atoms with Crippen molar-refractivity contribution in [3.63, 3.8) is 0 Å². The molecule has 0 fully saturated rings. The van der Waals surface area contributed by atoms with Gasteiger partial charge in [0.2, 0.25) is 0 Å². The van der Waals surface area contributed by atoms with E-state index in [0.717, 1.165) is 6.07 Å². The van der Waals surface area contributed by atoms with Crippen LogP contribution in [-0.2, 0) is 4.74 Å². The van der Waals surface area contributed by atoms with Gasteiger partial charge in [-0.2, -0.15) is 0 Å². The van der Waals surface area contributed by atoms with Crippen molar-refractivity contribution >= 4 is 5.78 Å². The van der Waals surface area contributed by atoms with E-state index in [0.29, 0.717) is 37.8 Å². The van der Waals surface area contributed by atoms with Gasteiger partial charge in [0.25, 0.3) is 0 Å². The van der Waals surface area contributed by atoms with Crippen molar-refractivity contribution < 1.29 is 24.5 Å². The number of aromatic hydroxyl groups is 2. The van der Waals surface area contributed by atoms with Gasteiger partial charge < -0.3 is 19.7 Å². The average molecular weight is 330 g/mol. The van der Waals surface area contributed by atoms with E-state index in [9.17, 15) is 15.0 Å². The summed E-state index contributed by atoms with van der Waals surface area (Å²) in [6.07, 6.45) is 0. The molecule has 0 amide bonds. The van der Waals surface area contributed by atoms with Crippen LogP contribution in [0.2, 0.25) is 0 Å². The van der Waals surface area contributed by atoms with Crippen molar-refractivity contribution in [1.82, 2.24) is 5.32 Å². The normalized spacial score (nSPS) is 10.5. The third-order valence-corrected chi connectivity index (χ3v) is 3.20. The molecule has 0 atom stereocenters. The van der Waals surface area contributed by atoms with Gasteiger partial charge in [0.15, 0.2) is 5.78 Å². The standard InChI is InChI=1S/C18H20NO5/c1-2-23-12-19-9-10-24-15-6-3-13(4-7-15)18(22)16-8-5-14(20)11-17(16)21/h3-7,11,19-21H,2,9-10,12H2,1H3. The van der Waals surface area contributed by atoms with Crippen LogP contribution in [0.1, 0.15) is 22.8 Å². The molecule has 2 aromatic carbocycles. The summed E-state index contributed by atoms with van der Waals surface area (Å²) < 4.78 is 10.7. The lowest BCUT2D eigenvalue weighted by atomic mass is 10.0. The van der Waals surface area contributed by atoms with Gasteiger partial charge in [0.05, 0.1) is 12.3 Å². The Morgan fingerprint density at radius 2 is 2.00 bits per heavy atom. The average Bonchev–Trinajstić information content (AvgIpc) is 2.58. The summed E-state index contributed by atoms with van der Waals surface area (Å²) in [6.45, 7) is 4.21. The SMILES string of the molecule is CCOCNCCOc1ccc(C(=O)c2[c]cc(O)cc2O)cc1. The van der Waals surface area contributed by atoms with Gasteiger partial charge in [-0.3, -0.25) is 10.1 Å². The van der Waals surface area contributed by atoms with Gasteiger partial charge in [0.1, 0.15) is 23.9 Å². The molecule has 6 nitrogen and oxygen atoms in total. The molecule has 3 N–H and O–H groups in total. The fourth-order valence-corrected chi connectivity index (χ4v) is 1.99. The lowest BCUT2D eigenvalue weighted by Gasteiger charge is -2.08. The number of benzene rings is 2. The number of hydrogen-bond donors (Lipinski definition) is 3. The quantitative estimate of drug-likeness (QED) is 0.371. The molecule has 127 valence electrons. The molecule has 2 rings (SSSR count). The minimum Gasteiger partial charge on any atom is -0.508 e. The number of rotatable bonds is 9. The van der Waals surface area contributed by atoms with Gasteiger partial charge in [-0.25, -0.2) is 0 Å². The molecule has 0 aliphatic carbocycles. The van der Waals surface area contributed by atoms with Crippen LogP contribution in [0.4, 0.5) is 0 Å². The van der Waals surface area contributed by atoms with Crippen LogP contribution < -0.4 is 10.1 Å². The third kappa shape index (κ3) is 4.97. The van der Waals surface area contributed by atoms with Crippen molar-refractivity contribution in [2.45, 2.75) is 6.92 Å². The largest absolute Gasteiger partial charge is 0.508 e. The van der Waals surface area contributed by atoms with Crippen molar-refractivity contribution in [2.24, 2.45) is 0 Å². The Morgan fingerprint density at radius 1 is 1.25 bits per heavy atom. The summed E-state index contributed by atoms with van der Waals surface area (Å²) >= 11 is 0. The Morgan fingerprint density at radius 3 is 2.67 bits per heavy atom. The molecular formula is C18H20NO5. The highest BCUT2D eigenvalue weighted by Gasteiger charge is 2.14. The first kappa shape index (κ1) is 17.8. The molecular weight excluding hydrogens is 310 g/mol. The molecule has 2 aromatic rings. The molecule has 0 aromatic heterocycles. The molecule has 0 saturated heterocycles. The molecule has 6 heteroatoms. The fraction of sp³-hybridized carbons (Fsp3) is 0.278. The van der Waals surface area contributed by atoms with Gasteiger partial charge in [-0.15, -0.1) is 0 Å². The monoisotopic (exact) mass is 330 g/mol. The highest BCUT2D eigenvalue weighted by atomic mass is 16.5. The van der Waals surface area contributed by atoms with Crippen molar-refractivity contribution in [3.8, 4) is 17.2 Å². The summed E-state index contributed by atoms with van der Waals surface area (Å²) in [6, 6.07) is 11.5. The highest BCUT2D eigenvalue weighted by molar-refractivity contribution is 6.10. The first-order chi connectivity index (χ1) is 11.6. The van der Waals surface area contributed by atoms with Crippen LogP contribution in [0.5, 0.6) is 17.2 Å². The molecule has 24 heavy (non-hydrogen) atoms. The predicted octanol–water partition coefficient (Wildman–Crippen LogP) is 2.09. The second-order valence-electron chi connectivity index (χ2n) is 4.96. The van der Waals surface area contributed by atoms with E-state index >= 15 is 0 Å². The minimum absolute atomic E-state index is 0.0154. The highest BCUT2D eigenvalue weighted by Crippen LogP contribution is 2.25. The molecule has 0 spiro atoms. The van der Waals surface area contributed by atoms with Crippen molar-refractivity contribution in [2.75, 3.05) is 26.5 Å². The first-order valence-corrected chi connectivity index (χ1v) is 7.61. The summed E-state index contributed by atoms with van der Waals surface area (Å²) in [7, 11) is 0. The second-order valence-corrected chi connectivity index (χ2v) is 4.96. The van der Waals surface area contributed by atoms with E-state index in [4.69, 9.17) is 9.47 Å². The number of ether oxygens (including phenoxy) is 2. The number of phenolic OH excluding ortho intramolecular Hbond substituents is 2. The summed E-state index contributed by atoms with van der Waals surface area (Å²) in [5.41, 5.74) is 0.413. The van der Waals surface area contributed by atoms with Gasteiger partial charge >= 0.3 is 0 Å². The van der Waals surface area contributed by atoms with E-state index < -0.39 is 0 Å². The van der Waals surface area contributed by atoms with E-state index in [1.165, 1.54) is 6.07 Å². The summed E-state index contributed by atoms with van der Waals surface area (Å²) in [4.78, 5) is 12.3. The van der Waals surface area contributed by atoms with Crippen LogP contribution in [0.15, 0.2) is 36.4 Å². The van der Waals surface area contributed by atoms with E-state index in [1.807, 2.05) is 6.92 Å². The topological polar surface area (TPSA) is 88.0 Å². The van der Waals surface area contributed by atoms with Crippen LogP contribution in [0, 0.1) is 6.07 Å². The van der Waals surface area contributed by atoms with Crippen molar-refractivity contribution in [1.29, 1.82) is 0 Å². The number of phenols is 2. The van der Waals surface area contributed by atoms with E-state index in [-0.39, 0.29) is 22.8 Å². The number of ketones is 1. The number of nitrogens with one attached hydrogen (secondary N) is 1. The number of carbonyl (C=O) groups excluding carboxylic acids is 1. The Labute approximate surface area is 140 Å². The summed E-state index contributed by atoms with van der Waals surface area (Å²) in [5, 5.41) is 22.0. The third-order valence-electron chi connectivity index (χ3n) is 3.20. The molecule has 1 radical (unpaired) electrons. The molecule has 0 unspecified atom stereocenters. The zero-order valence-corrected chi connectivity index (χ0v) is 13.4. The zero-order chi connectivity index (χ0) is 17.4. The zero-order valence-electron chi connectivity index (χ0n) is 13.4. The van der Waals surface area contributed by atoms with Gasteiger partial charge in [-0.05, 0) is 37.3 Å². The van der Waals surface area contributed by atoms with Gasteiger partial charge in [-0.1, -0.05) is 0 Å². The van der Waals surface area contributed by atoms with E-state index in [1.54, 1.807) is 24.3 Å². The Balaban J connectivity index is 1.90. The van der Waals surface area contributed by atoms with Crippen LogP contribution >= 0.6 is 0 Å². The summed E-state index contributed by atoms with van der Waals surface area (Å²) in [5.74, 6) is -0.187. The Hall–Kier alpha value is -2.57. The first-order valence-electron chi connectivity index (χ1n) is 7.61.